The molecule has 5 nitrogen and oxygen atoms in total. The van der Waals surface area contributed by atoms with E-state index in [0.29, 0.717) is 5.82 Å². The molecular weight excluding hydrogens is 238 g/mol. The van der Waals surface area contributed by atoms with Crippen LogP contribution >= 0.6 is 0 Å². The van der Waals surface area contributed by atoms with E-state index >= 15 is 0 Å². The average Bonchev–Trinajstić information content (AvgIpc) is 2.67. The molecule has 0 bridgehead atoms. The minimum absolute atomic E-state index is 0.535. The van der Waals surface area contributed by atoms with Gasteiger partial charge >= 0.3 is 0 Å². The van der Waals surface area contributed by atoms with E-state index in [1.807, 2.05) is 25.5 Å². The van der Waals surface area contributed by atoms with Gasteiger partial charge in [0.05, 0.1) is 5.69 Å². The third-order valence-corrected chi connectivity index (χ3v) is 3.52. The fourth-order valence-corrected chi connectivity index (χ4v) is 2.33. The first-order chi connectivity index (χ1) is 8.99. The minimum atomic E-state index is 0.535. The lowest BCUT2D eigenvalue weighted by atomic mass is 10.1. The van der Waals surface area contributed by atoms with Crippen molar-refractivity contribution in [3.8, 4) is 5.82 Å². The maximum absolute atomic E-state index is 5.97. The van der Waals surface area contributed by atoms with Crippen molar-refractivity contribution in [2.75, 3.05) is 5.73 Å². The van der Waals surface area contributed by atoms with Crippen LogP contribution in [-0.4, -0.2) is 19.7 Å². The first-order valence-corrected chi connectivity index (χ1v) is 6.68. The summed E-state index contributed by atoms with van der Waals surface area (Å²) in [6.45, 7) is 10.2. The molecule has 0 aliphatic rings. The fourth-order valence-electron chi connectivity index (χ4n) is 2.33. The molecule has 0 saturated heterocycles. The van der Waals surface area contributed by atoms with Crippen LogP contribution in [0, 0.1) is 20.8 Å². The van der Waals surface area contributed by atoms with E-state index in [-0.39, 0.29) is 0 Å². The lowest BCUT2D eigenvalue weighted by Crippen LogP contribution is -2.11. The van der Waals surface area contributed by atoms with Gasteiger partial charge in [0.1, 0.15) is 11.6 Å². The van der Waals surface area contributed by atoms with Crippen LogP contribution in [0.1, 0.15) is 42.2 Å². The molecule has 0 radical (unpaired) electrons. The number of aryl methyl sites for hydroxylation is 2. The van der Waals surface area contributed by atoms with Crippen LogP contribution in [0.25, 0.3) is 5.82 Å². The topological polar surface area (TPSA) is 69.6 Å². The van der Waals surface area contributed by atoms with Crippen molar-refractivity contribution in [2.45, 2.75) is 47.5 Å². The number of aromatic nitrogens is 4. The summed E-state index contributed by atoms with van der Waals surface area (Å²) in [5.41, 5.74) is 10.3. The Hall–Kier alpha value is -1.91. The molecule has 2 heterocycles. The van der Waals surface area contributed by atoms with Gasteiger partial charge in [-0.3, -0.25) is 0 Å². The molecule has 0 aliphatic carbocycles. The molecule has 0 fully saturated rings. The van der Waals surface area contributed by atoms with E-state index in [0.717, 1.165) is 41.4 Å². The van der Waals surface area contributed by atoms with Gasteiger partial charge in [0.2, 0.25) is 0 Å². The molecule has 0 unspecified atom stereocenters. The summed E-state index contributed by atoms with van der Waals surface area (Å²) in [6.07, 6.45) is 1.73. The van der Waals surface area contributed by atoms with Crippen LogP contribution in [0.2, 0.25) is 0 Å². The van der Waals surface area contributed by atoms with E-state index in [4.69, 9.17) is 5.73 Å². The maximum atomic E-state index is 5.97. The number of nitrogens with zero attached hydrogens (tertiary/aromatic N) is 4. The number of anilines is 1. The smallest absolute Gasteiger partial charge is 0.162 e. The van der Waals surface area contributed by atoms with Gasteiger partial charge < -0.3 is 5.73 Å². The molecule has 0 aromatic carbocycles. The van der Waals surface area contributed by atoms with E-state index in [1.165, 1.54) is 5.56 Å². The lowest BCUT2D eigenvalue weighted by molar-refractivity contribution is 0.775. The first kappa shape index (κ1) is 13.5. The molecule has 0 spiro atoms. The van der Waals surface area contributed by atoms with Crippen molar-refractivity contribution in [3.05, 3.63) is 28.3 Å². The van der Waals surface area contributed by atoms with Crippen molar-refractivity contribution in [2.24, 2.45) is 0 Å². The Morgan fingerprint density at radius 2 is 1.74 bits per heavy atom. The second-order valence-corrected chi connectivity index (χ2v) is 4.74. The number of hydrogen-bond donors (Lipinski definition) is 1. The molecule has 102 valence electrons. The van der Waals surface area contributed by atoms with E-state index in [1.54, 1.807) is 0 Å². The van der Waals surface area contributed by atoms with Gasteiger partial charge in [0.15, 0.2) is 5.82 Å². The highest BCUT2D eigenvalue weighted by Gasteiger charge is 2.16. The SMILES string of the molecule is CCc1nc(N)c(C)c(-n2nc(C)c(CC)c2C)n1. The first-order valence-electron chi connectivity index (χ1n) is 6.68. The number of rotatable bonds is 3. The molecule has 19 heavy (non-hydrogen) atoms. The van der Waals surface area contributed by atoms with Gasteiger partial charge in [-0.1, -0.05) is 13.8 Å². The summed E-state index contributed by atoms with van der Waals surface area (Å²) >= 11 is 0. The van der Waals surface area contributed by atoms with Gasteiger partial charge in [0, 0.05) is 17.7 Å². The van der Waals surface area contributed by atoms with Gasteiger partial charge in [-0.15, -0.1) is 0 Å². The third-order valence-electron chi connectivity index (χ3n) is 3.52. The molecule has 2 rings (SSSR count). The molecule has 0 amide bonds. The summed E-state index contributed by atoms with van der Waals surface area (Å²) < 4.78 is 1.89. The number of nitrogens with two attached hydrogens (primary N) is 1. The maximum Gasteiger partial charge on any atom is 0.162 e. The van der Waals surface area contributed by atoms with Crippen molar-refractivity contribution in [3.63, 3.8) is 0 Å². The highest BCUT2D eigenvalue weighted by Crippen LogP contribution is 2.21. The Labute approximate surface area is 113 Å². The van der Waals surface area contributed by atoms with Crippen molar-refractivity contribution in [1.82, 2.24) is 19.7 Å². The number of hydrogen-bond acceptors (Lipinski definition) is 4. The summed E-state index contributed by atoms with van der Waals surface area (Å²) in [5, 5.41) is 4.60. The average molecular weight is 259 g/mol. The zero-order valence-electron chi connectivity index (χ0n) is 12.3. The normalized spacial score (nSPS) is 11.0. The zero-order valence-corrected chi connectivity index (χ0v) is 12.3. The van der Waals surface area contributed by atoms with Crippen LogP contribution in [-0.2, 0) is 12.8 Å². The highest BCUT2D eigenvalue weighted by atomic mass is 15.3. The Bertz CT molecular complexity index is 613. The monoisotopic (exact) mass is 259 g/mol. The molecule has 0 atom stereocenters. The molecule has 2 aromatic rings. The molecule has 5 heteroatoms. The molecule has 2 aromatic heterocycles. The Balaban J connectivity index is 2.68. The van der Waals surface area contributed by atoms with E-state index in [9.17, 15) is 0 Å². The quantitative estimate of drug-likeness (QED) is 0.918. The number of nitrogen functional groups attached to an aromatic ring is 1. The second-order valence-electron chi connectivity index (χ2n) is 4.74. The standard InChI is InChI=1S/C14H21N5/c1-6-11-9(4)18-19(10(11)5)14-8(3)13(15)16-12(7-2)17-14/h6-7H2,1-5H3,(H2,15,16,17). The predicted molar refractivity (Wildman–Crippen MR) is 76.5 cm³/mol. The van der Waals surface area contributed by atoms with Crippen LogP contribution in [0.3, 0.4) is 0 Å². The van der Waals surface area contributed by atoms with E-state index in [2.05, 4.69) is 28.9 Å². The van der Waals surface area contributed by atoms with Gasteiger partial charge in [-0.05, 0) is 32.8 Å². The largest absolute Gasteiger partial charge is 0.383 e. The van der Waals surface area contributed by atoms with Crippen molar-refractivity contribution >= 4 is 5.82 Å². The minimum Gasteiger partial charge on any atom is -0.383 e. The van der Waals surface area contributed by atoms with E-state index < -0.39 is 0 Å². The van der Waals surface area contributed by atoms with Crippen molar-refractivity contribution in [1.29, 1.82) is 0 Å². The third kappa shape index (κ3) is 2.20. The molecule has 2 N–H and O–H groups in total. The molecule has 0 aliphatic heterocycles. The summed E-state index contributed by atoms with van der Waals surface area (Å²) in [5.74, 6) is 2.08. The Kier molecular flexibility index (Phi) is 3.55. The summed E-state index contributed by atoms with van der Waals surface area (Å²) in [6, 6.07) is 0. The Morgan fingerprint density at radius 3 is 2.26 bits per heavy atom. The van der Waals surface area contributed by atoms with Crippen LogP contribution in [0.4, 0.5) is 5.82 Å². The molecular formula is C14H21N5. The van der Waals surface area contributed by atoms with Crippen LogP contribution in [0.5, 0.6) is 0 Å². The predicted octanol–water partition coefficient (Wildman–Crippen LogP) is 2.29. The fraction of sp³-hybridized carbons (Fsp3) is 0.500. The lowest BCUT2D eigenvalue weighted by Gasteiger charge is -2.11. The Morgan fingerprint density at radius 1 is 1.05 bits per heavy atom. The van der Waals surface area contributed by atoms with Crippen LogP contribution < -0.4 is 5.73 Å². The van der Waals surface area contributed by atoms with Gasteiger partial charge in [-0.2, -0.15) is 5.10 Å². The summed E-state index contributed by atoms with van der Waals surface area (Å²) in [7, 11) is 0. The summed E-state index contributed by atoms with van der Waals surface area (Å²) in [4.78, 5) is 8.86. The second kappa shape index (κ2) is 4.99. The van der Waals surface area contributed by atoms with Crippen molar-refractivity contribution < 1.29 is 0 Å². The van der Waals surface area contributed by atoms with Crippen LogP contribution in [0.15, 0.2) is 0 Å². The molecule has 0 saturated carbocycles. The highest BCUT2D eigenvalue weighted by molar-refractivity contribution is 5.49. The zero-order chi connectivity index (χ0) is 14.2. The van der Waals surface area contributed by atoms with Gasteiger partial charge in [-0.25, -0.2) is 14.6 Å². The van der Waals surface area contributed by atoms with Gasteiger partial charge in [0.25, 0.3) is 0 Å².